The van der Waals surface area contributed by atoms with Crippen molar-refractivity contribution in [2.24, 2.45) is 0 Å². The summed E-state index contributed by atoms with van der Waals surface area (Å²) >= 11 is 0. The molecule has 0 aliphatic heterocycles. The lowest BCUT2D eigenvalue weighted by molar-refractivity contribution is 0.146. The van der Waals surface area contributed by atoms with Crippen molar-refractivity contribution in [3.8, 4) is 5.75 Å². The van der Waals surface area contributed by atoms with Gasteiger partial charge in [0.2, 0.25) is 0 Å². The molecular weight excluding hydrogens is 188 g/mol. The Labute approximate surface area is 89.6 Å². The molecule has 1 aromatic rings. The highest BCUT2D eigenvalue weighted by atomic mass is 16.3. The van der Waals surface area contributed by atoms with Crippen LogP contribution in [0.2, 0.25) is 0 Å². The van der Waals surface area contributed by atoms with Crippen LogP contribution in [0, 0.1) is 0 Å². The van der Waals surface area contributed by atoms with Gasteiger partial charge in [0.15, 0.2) is 0 Å². The van der Waals surface area contributed by atoms with Crippen LogP contribution in [-0.2, 0) is 18.4 Å². The first kappa shape index (κ1) is 9.22. The van der Waals surface area contributed by atoms with Crippen LogP contribution in [-0.4, -0.2) is 10.2 Å². The average Bonchev–Trinajstić information content (AvgIpc) is 2.97. The SMILES string of the molecule is Oc1ccc2c(c1C1(O)CC1)CCCC2. The number of aryl methyl sites for hydroxylation is 1. The van der Waals surface area contributed by atoms with Crippen molar-refractivity contribution in [2.75, 3.05) is 0 Å². The first-order valence-electron chi connectivity index (χ1n) is 5.77. The first-order valence-corrected chi connectivity index (χ1v) is 5.77. The summed E-state index contributed by atoms with van der Waals surface area (Å²) in [5.41, 5.74) is 2.68. The molecule has 0 radical (unpaired) electrons. The fourth-order valence-electron chi connectivity index (χ4n) is 2.70. The molecule has 0 bridgehead atoms. The zero-order valence-electron chi connectivity index (χ0n) is 8.79. The molecule has 2 nitrogen and oxygen atoms in total. The van der Waals surface area contributed by atoms with E-state index < -0.39 is 5.60 Å². The standard InChI is InChI=1S/C13H16O2/c14-11-6-5-9-3-1-2-4-10(9)12(11)13(15)7-8-13/h5-6,14-15H,1-4,7-8H2. The molecule has 0 spiro atoms. The predicted octanol–water partition coefficient (Wildman–Crippen LogP) is 2.25. The van der Waals surface area contributed by atoms with Gasteiger partial charge in [-0.2, -0.15) is 0 Å². The van der Waals surface area contributed by atoms with Crippen molar-refractivity contribution < 1.29 is 10.2 Å². The van der Waals surface area contributed by atoms with Gasteiger partial charge in [-0.1, -0.05) is 6.07 Å². The smallest absolute Gasteiger partial charge is 0.121 e. The Hall–Kier alpha value is -1.02. The topological polar surface area (TPSA) is 40.5 Å². The second-order valence-corrected chi connectivity index (χ2v) is 4.84. The van der Waals surface area contributed by atoms with Crippen molar-refractivity contribution in [3.05, 3.63) is 28.8 Å². The number of aromatic hydroxyl groups is 1. The fourth-order valence-corrected chi connectivity index (χ4v) is 2.70. The molecule has 0 atom stereocenters. The summed E-state index contributed by atoms with van der Waals surface area (Å²) in [7, 11) is 0. The molecule has 1 saturated carbocycles. The van der Waals surface area contributed by atoms with Crippen LogP contribution in [0.3, 0.4) is 0 Å². The van der Waals surface area contributed by atoms with Crippen LogP contribution >= 0.6 is 0 Å². The van der Waals surface area contributed by atoms with Gasteiger partial charge < -0.3 is 10.2 Å². The third-order valence-corrected chi connectivity index (χ3v) is 3.70. The number of hydrogen-bond donors (Lipinski definition) is 2. The summed E-state index contributed by atoms with van der Waals surface area (Å²) < 4.78 is 0. The lowest BCUT2D eigenvalue weighted by Crippen LogP contribution is -2.14. The molecule has 1 aromatic carbocycles. The second-order valence-electron chi connectivity index (χ2n) is 4.84. The van der Waals surface area contributed by atoms with Gasteiger partial charge in [-0.05, 0) is 55.7 Å². The summed E-state index contributed by atoms with van der Waals surface area (Å²) in [6.07, 6.45) is 6.13. The van der Waals surface area contributed by atoms with Gasteiger partial charge in [-0.15, -0.1) is 0 Å². The van der Waals surface area contributed by atoms with E-state index in [1.54, 1.807) is 6.07 Å². The highest BCUT2D eigenvalue weighted by molar-refractivity contribution is 5.50. The largest absolute Gasteiger partial charge is 0.508 e. The van der Waals surface area contributed by atoms with Gasteiger partial charge in [-0.25, -0.2) is 0 Å². The maximum Gasteiger partial charge on any atom is 0.121 e. The van der Waals surface area contributed by atoms with Crippen LogP contribution < -0.4 is 0 Å². The molecule has 3 rings (SSSR count). The number of aliphatic hydroxyl groups is 1. The molecule has 2 aliphatic rings. The molecule has 2 aliphatic carbocycles. The minimum absolute atomic E-state index is 0.288. The number of fused-ring (bicyclic) bond motifs is 1. The van der Waals surface area contributed by atoms with Crippen molar-refractivity contribution in [1.29, 1.82) is 0 Å². The van der Waals surface area contributed by atoms with Crippen molar-refractivity contribution in [1.82, 2.24) is 0 Å². The van der Waals surface area contributed by atoms with E-state index in [9.17, 15) is 10.2 Å². The van der Waals surface area contributed by atoms with E-state index in [-0.39, 0.29) is 5.75 Å². The van der Waals surface area contributed by atoms with E-state index in [1.165, 1.54) is 24.0 Å². The maximum atomic E-state index is 10.2. The summed E-state index contributed by atoms with van der Waals surface area (Å²) in [5, 5.41) is 20.1. The Morgan fingerprint density at radius 2 is 1.80 bits per heavy atom. The number of rotatable bonds is 1. The minimum atomic E-state index is -0.702. The summed E-state index contributed by atoms with van der Waals surface area (Å²) in [4.78, 5) is 0. The van der Waals surface area contributed by atoms with Crippen LogP contribution in [0.1, 0.15) is 42.4 Å². The molecular formula is C13H16O2. The molecule has 80 valence electrons. The molecule has 2 N–H and O–H groups in total. The lowest BCUT2D eigenvalue weighted by Gasteiger charge is -2.23. The number of phenolic OH excluding ortho intramolecular Hbond substituents is 1. The van der Waals surface area contributed by atoms with Crippen LogP contribution in [0.4, 0.5) is 0 Å². The zero-order chi connectivity index (χ0) is 10.5. The Morgan fingerprint density at radius 3 is 2.53 bits per heavy atom. The number of phenols is 1. The van der Waals surface area contributed by atoms with E-state index in [0.717, 1.165) is 31.2 Å². The van der Waals surface area contributed by atoms with Gasteiger partial charge in [0.25, 0.3) is 0 Å². The van der Waals surface area contributed by atoms with Crippen molar-refractivity contribution in [2.45, 2.75) is 44.1 Å². The first-order chi connectivity index (χ1) is 7.21. The Bertz CT molecular complexity index is 405. The number of hydrogen-bond acceptors (Lipinski definition) is 2. The van der Waals surface area contributed by atoms with Gasteiger partial charge in [0.1, 0.15) is 5.75 Å². The lowest BCUT2D eigenvalue weighted by atomic mass is 9.85. The molecule has 0 heterocycles. The van der Waals surface area contributed by atoms with Crippen LogP contribution in [0.5, 0.6) is 5.75 Å². The third kappa shape index (κ3) is 1.36. The van der Waals surface area contributed by atoms with Gasteiger partial charge in [-0.3, -0.25) is 0 Å². The van der Waals surface area contributed by atoms with E-state index in [2.05, 4.69) is 0 Å². The predicted molar refractivity (Wildman–Crippen MR) is 57.9 cm³/mol. The van der Waals surface area contributed by atoms with Crippen LogP contribution in [0.15, 0.2) is 12.1 Å². The van der Waals surface area contributed by atoms with E-state index in [0.29, 0.717) is 0 Å². The molecule has 0 amide bonds. The Morgan fingerprint density at radius 1 is 1.07 bits per heavy atom. The van der Waals surface area contributed by atoms with Crippen LogP contribution in [0.25, 0.3) is 0 Å². The van der Waals surface area contributed by atoms with Gasteiger partial charge in [0, 0.05) is 5.56 Å². The maximum absolute atomic E-state index is 10.2. The quantitative estimate of drug-likeness (QED) is 0.736. The second kappa shape index (κ2) is 2.99. The van der Waals surface area contributed by atoms with Crippen molar-refractivity contribution in [3.63, 3.8) is 0 Å². The van der Waals surface area contributed by atoms with Crippen molar-refractivity contribution >= 4 is 0 Å². The molecule has 0 saturated heterocycles. The normalized spacial score (nSPS) is 22.2. The van der Waals surface area contributed by atoms with E-state index >= 15 is 0 Å². The highest BCUT2D eigenvalue weighted by Gasteiger charge is 2.46. The van der Waals surface area contributed by atoms with E-state index in [1.807, 2.05) is 6.07 Å². The summed E-state index contributed by atoms with van der Waals surface area (Å²) in [6.45, 7) is 0. The average molecular weight is 204 g/mol. The van der Waals surface area contributed by atoms with Gasteiger partial charge in [0.05, 0.1) is 5.60 Å². The van der Waals surface area contributed by atoms with E-state index in [4.69, 9.17) is 0 Å². The third-order valence-electron chi connectivity index (χ3n) is 3.70. The Kier molecular flexibility index (Phi) is 1.84. The molecule has 0 aromatic heterocycles. The minimum Gasteiger partial charge on any atom is -0.508 e. The summed E-state index contributed by atoms with van der Waals surface area (Å²) in [6, 6.07) is 3.76. The molecule has 15 heavy (non-hydrogen) atoms. The summed E-state index contributed by atoms with van der Waals surface area (Å²) in [5.74, 6) is 0.288. The highest BCUT2D eigenvalue weighted by Crippen LogP contribution is 2.51. The number of benzene rings is 1. The Balaban J connectivity index is 2.18. The molecule has 2 heteroatoms. The monoisotopic (exact) mass is 204 g/mol. The zero-order valence-corrected chi connectivity index (χ0v) is 8.79. The van der Waals surface area contributed by atoms with Gasteiger partial charge >= 0.3 is 0 Å². The fraction of sp³-hybridized carbons (Fsp3) is 0.538. The molecule has 0 unspecified atom stereocenters. The molecule has 1 fully saturated rings.